The van der Waals surface area contributed by atoms with E-state index >= 15 is 0 Å². The van der Waals surface area contributed by atoms with Crippen molar-refractivity contribution >= 4 is 17.7 Å². The molecule has 0 saturated carbocycles. The van der Waals surface area contributed by atoms with Gasteiger partial charge >= 0.3 is 5.97 Å². The van der Waals surface area contributed by atoms with Gasteiger partial charge in [-0.05, 0) is 31.9 Å². The molecule has 1 atom stereocenters. The molecular weight excluding hydrogens is 358 g/mol. The van der Waals surface area contributed by atoms with E-state index in [4.69, 9.17) is 4.74 Å². The number of aryl methyl sites for hydroxylation is 2. The average molecular weight is 381 g/mol. The summed E-state index contributed by atoms with van der Waals surface area (Å²) in [6.07, 6.45) is 1.71. The van der Waals surface area contributed by atoms with Crippen molar-refractivity contribution in [2.24, 2.45) is 0 Å². The molecule has 0 fully saturated rings. The molecule has 1 aromatic carbocycles. The van der Waals surface area contributed by atoms with Crippen LogP contribution in [0.3, 0.4) is 0 Å². The summed E-state index contributed by atoms with van der Waals surface area (Å²) in [6.45, 7) is 5.33. The van der Waals surface area contributed by atoms with Crippen molar-refractivity contribution in [3.63, 3.8) is 0 Å². The third kappa shape index (κ3) is 4.51. The number of rotatable bonds is 7. The molecule has 1 unspecified atom stereocenters. The average Bonchev–Trinajstić information content (AvgIpc) is 3.11. The van der Waals surface area contributed by atoms with Crippen LogP contribution in [0.1, 0.15) is 53.4 Å². The number of aromatic nitrogens is 4. The Morgan fingerprint density at radius 3 is 2.64 bits per heavy atom. The molecule has 28 heavy (non-hydrogen) atoms. The number of nitrogens with zero attached hydrogens (tertiary/aromatic N) is 4. The van der Waals surface area contributed by atoms with Gasteiger partial charge in [-0.2, -0.15) is 4.98 Å². The Labute approximate surface area is 163 Å². The molecule has 0 aliphatic heterocycles. The number of amides is 1. The van der Waals surface area contributed by atoms with Gasteiger partial charge in [-0.1, -0.05) is 43.7 Å². The number of benzene rings is 1. The fourth-order valence-corrected chi connectivity index (χ4v) is 2.98. The molecule has 0 aliphatic carbocycles. The van der Waals surface area contributed by atoms with Crippen molar-refractivity contribution in [2.75, 3.05) is 6.61 Å². The van der Waals surface area contributed by atoms with Crippen LogP contribution in [0.25, 0.3) is 5.78 Å². The first kappa shape index (κ1) is 19.5. The van der Waals surface area contributed by atoms with Gasteiger partial charge in [-0.25, -0.2) is 14.3 Å². The quantitative estimate of drug-likeness (QED) is 0.632. The van der Waals surface area contributed by atoms with Gasteiger partial charge in [0.05, 0.1) is 6.04 Å². The summed E-state index contributed by atoms with van der Waals surface area (Å²) in [5, 5.41) is 7.02. The van der Waals surface area contributed by atoms with E-state index in [0.29, 0.717) is 5.78 Å². The molecule has 3 aromatic rings. The minimum atomic E-state index is -0.760. The molecule has 0 spiro atoms. The second-order valence-electron chi connectivity index (χ2n) is 6.58. The number of hydrogen-bond acceptors (Lipinski definition) is 6. The fourth-order valence-electron chi connectivity index (χ4n) is 2.98. The first-order chi connectivity index (χ1) is 13.5. The van der Waals surface area contributed by atoms with Crippen LogP contribution in [0.2, 0.25) is 0 Å². The molecule has 2 aromatic heterocycles. The number of fused-ring (bicyclic) bond motifs is 1. The van der Waals surface area contributed by atoms with Crippen LogP contribution < -0.4 is 5.32 Å². The van der Waals surface area contributed by atoms with E-state index in [1.807, 2.05) is 50.2 Å². The van der Waals surface area contributed by atoms with Gasteiger partial charge < -0.3 is 10.1 Å². The third-order valence-electron chi connectivity index (χ3n) is 4.25. The number of esters is 1. The van der Waals surface area contributed by atoms with Crippen molar-refractivity contribution in [1.82, 2.24) is 24.9 Å². The van der Waals surface area contributed by atoms with E-state index in [1.165, 1.54) is 4.52 Å². The van der Waals surface area contributed by atoms with E-state index in [1.54, 1.807) is 0 Å². The highest BCUT2D eigenvalue weighted by atomic mass is 16.5. The molecule has 0 aliphatic rings. The first-order valence-corrected chi connectivity index (χ1v) is 9.20. The van der Waals surface area contributed by atoms with Gasteiger partial charge in [0.1, 0.15) is 0 Å². The predicted octanol–water partition coefficient (Wildman–Crippen LogP) is 2.56. The molecule has 2 heterocycles. The van der Waals surface area contributed by atoms with E-state index in [0.717, 1.165) is 29.8 Å². The zero-order chi connectivity index (χ0) is 20.1. The molecule has 0 radical (unpaired) electrons. The van der Waals surface area contributed by atoms with Crippen LogP contribution in [-0.2, 0) is 9.53 Å². The van der Waals surface area contributed by atoms with Gasteiger partial charge in [0.15, 0.2) is 6.61 Å². The molecule has 0 saturated heterocycles. The van der Waals surface area contributed by atoms with Crippen molar-refractivity contribution in [2.45, 2.75) is 39.7 Å². The maximum Gasteiger partial charge on any atom is 0.378 e. The van der Waals surface area contributed by atoms with Crippen molar-refractivity contribution in [3.8, 4) is 0 Å². The third-order valence-corrected chi connectivity index (χ3v) is 4.25. The van der Waals surface area contributed by atoms with Crippen molar-refractivity contribution in [1.29, 1.82) is 0 Å². The molecule has 146 valence electrons. The van der Waals surface area contributed by atoms with Crippen LogP contribution in [0, 0.1) is 13.8 Å². The predicted molar refractivity (Wildman–Crippen MR) is 103 cm³/mol. The van der Waals surface area contributed by atoms with Crippen molar-refractivity contribution in [3.05, 3.63) is 59.2 Å². The topological polar surface area (TPSA) is 98.5 Å². The van der Waals surface area contributed by atoms with Crippen LogP contribution in [0.5, 0.6) is 0 Å². The number of carbonyl (C=O) groups is 2. The van der Waals surface area contributed by atoms with Crippen LogP contribution >= 0.6 is 0 Å². The highest BCUT2D eigenvalue weighted by molar-refractivity contribution is 5.88. The number of hydrogen-bond donors (Lipinski definition) is 1. The smallest absolute Gasteiger partial charge is 0.378 e. The number of carbonyl (C=O) groups excluding carboxylic acids is 2. The van der Waals surface area contributed by atoms with Crippen LogP contribution in [-0.4, -0.2) is 38.1 Å². The summed E-state index contributed by atoms with van der Waals surface area (Å²) in [6, 6.07) is 11.4. The Hall–Kier alpha value is -3.29. The zero-order valence-electron chi connectivity index (χ0n) is 16.2. The van der Waals surface area contributed by atoms with E-state index in [9.17, 15) is 9.59 Å². The number of nitrogens with one attached hydrogen (secondary N) is 1. The van der Waals surface area contributed by atoms with Gasteiger partial charge in [0.25, 0.3) is 17.5 Å². The van der Waals surface area contributed by atoms with Gasteiger partial charge in [-0.15, -0.1) is 5.10 Å². The first-order valence-electron chi connectivity index (χ1n) is 9.20. The SMILES string of the molecule is CCCC(NC(=O)COC(=O)c1nc2nc(C)cc(C)n2n1)c1ccccc1. The lowest BCUT2D eigenvalue weighted by Gasteiger charge is -2.18. The minimum absolute atomic E-state index is 0.123. The lowest BCUT2D eigenvalue weighted by molar-refractivity contribution is -0.125. The monoisotopic (exact) mass is 381 g/mol. The Balaban J connectivity index is 1.62. The Morgan fingerprint density at radius 2 is 1.93 bits per heavy atom. The summed E-state index contributed by atoms with van der Waals surface area (Å²) >= 11 is 0. The summed E-state index contributed by atoms with van der Waals surface area (Å²) in [7, 11) is 0. The van der Waals surface area contributed by atoms with E-state index in [-0.39, 0.29) is 17.8 Å². The Bertz CT molecular complexity index is 984. The molecule has 8 nitrogen and oxygen atoms in total. The summed E-state index contributed by atoms with van der Waals surface area (Å²) in [5.41, 5.74) is 2.60. The lowest BCUT2D eigenvalue weighted by atomic mass is 10.0. The second kappa shape index (κ2) is 8.60. The van der Waals surface area contributed by atoms with E-state index < -0.39 is 12.6 Å². The van der Waals surface area contributed by atoms with Gasteiger partial charge in [-0.3, -0.25) is 4.79 Å². The summed E-state index contributed by atoms with van der Waals surface area (Å²) < 4.78 is 6.56. The zero-order valence-corrected chi connectivity index (χ0v) is 16.2. The largest absolute Gasteiger partial charge is 0.450 e. The normalized spacial score (nSPS) is 12.0. The molecule has 1 N–H and O–H groups in total. The lowest BCUT2D eigenvalue weighted by Crippen LogP contribution is -2.32. The molecule has 3 rings (SSSR count). The molecule has 0 bridgehead atoms. The van der Waals surface area contributed by atoms with Gasteiger partial charge in [0.2, 0.25) is 0 Å². The summed E-state index contributed by atoms with van der Waals surface area (Å²) in [5.74, 6) is -0.933. The molecule has 8 heteroatoms. The molecule has 1 amide bonds. The van der Waals surface area contributed by atoms with Gasteiger partial charge in [0, 0.05) is 11.4 Å². The maximum atomic E-state index is 12.3. The van der Waals surface area contributed by atoms with Crippen LogP contribution in [0.4, 0.5) is 0 Å². The van der Waals surface area contributed by atoms with E-state index in [2.05, 4.69) is 27.3 Å². The summed E-state index contributed by atoms with van der Waals surface area (Å²) in [4.78, 5) is 32.8. The second-order valence-corrected chi connectivity index (χ2v) is 6.58. The standard InChI is InChI=1S/C20H23N5O3/c1-4-8-16(15-9-6-5-7-10-15)22-17(26)12-28-19(27)18-23-20-21-13(2)11-14(3)25(20)24-18/h5-7,9-11,16H,4,8,12H2,1-3H3,(H,22,26). The number of ether oxygens (including phenoxy) is 1. The Morgan fingerprint density at radius 1 is 1.18 bits per heavy atom. The van der Waals surface area contributed by atoms with Crippen LogP contribution in [0.15, 0.2) is 36.4 Å². The highest BCUT2D eigenvalue weighted by Crippen LogP contribution is 2.17. The maximum absolute atomic E-state index is 12.3. The fraction of sp³-hybridized carbons (Fsp3) is 0.350. The molecular formula is C20H23N5O3. The van der Waals surface area contributed by atoms with Crippen molar-refractivity contribution < 1.29 is 14.3 Å². The highest BCUT2D eigenvalue weighted by Gasteiger charge is 2.19. The minimum Gasteiger partial charge on any atom is -0.450 e. The Kier molecular flexibility index (Phi) is 5.98.